The van der Waals surface area contributed by atoms with Crippen LogP contribution in [-0.4, -0.2) is 4.98 Å². The molecule has 1 fully saturated rings. The van der Waals surface area contributed by atoms with Crippen LogP contribution in [0.5, 0.6) is 0 Å². The molecule has 0 bridgehead atoms. The van der Waals surface area contributed by atoms with Gasteiger partial charge < -0.3 is 0 Å². The van der Waals surface area contributed by atoms with Crippen molar-refractivity contribution >= 4 is 0 Å². The second kappa shape index (κ2) is 4.12. The minimum atomic E-state index is 0.698. The van der Waals surface area contributed by atoms with Crippen LogP contribution < -0.4 is 0 Å². The van der Waals surface area contributed by atoms with Gasteiger partial charge in [-0.2, -0.15) is 0 Å². The minimum absolute atomic E-state index is 0.698. The van der Waals surface area contributed by atoms with Gasteiger partial charge in [-0.3, -0.25) is 4.98 Å². The van der Waals surface area contributed by atoms with E-state index in [9.17, 15) is 0 Å². The summed E-state index contributed by atoms with van der Waals surface area (Å²) in [7, 11) is 0. The van der Waals surface area contributed by atoms with Crippen LogP contribution in [0.15, 0.2) is 18.3 Å². The zero-order chi connectivity index (χ0) is 9.97. The third-order valence-corrected chi connectivity index (χ3v) is 3.24. The zero-order valence-electron chi connectivity index (χ0n) is 9.16. The highest BCUT2D eigenvalue weighted by molar-refractivity contribution is 5.21. The molecular weight excluding hydrogens is 170 g/mol. The Bertz CT molecular complexity index is 302. The zero-order valence-corrected chi connectivity index (χ0v) is 9.16. The number of aryl methyl sites for hydroxylation is 1. The summed E-state index contributed by atoms with van der Waals surface area (Å²) >= 11 is 0. The van der Waals surface area contributed by atoms with Crippen molar-refractivity contribution in [3.63, 3.8) is 0 Å². The molecule has 1 unspecified atom stereocenters. The molecule has 1 aliphatic rings. The van der Waals surface area contributed by atoms with Crippen molar-refractivity contribution in [1.82, 2.24) is 4.98 Å². The Balaban J connectivity index is 2.12. The smallest absolute Gasteiger partial charge is 0.0463 e. The Morgan fingerprint density at radius 1 is 1.50 bits per heavy atom. The number of rotatable bonds is 4. The van der Waals surface area contributed by atoms with Crippen LogP contribution in [0.4, 0.5) is 0 Å². The van der Waals surface area contributed by atoms with E-state index in [0.29, 0.717) is 5.92 Å². The molecule has 0 radical (unpaired) electrons. The number of nitrogens with zero attached hydrogens (tertiary/aromatic N) is 1. The van der Waals surface area contributed by atoms with Crippen LogP contribution in [0.3, 0.4) is 0 Å². The summed E-state index contributed by atoms with van der Waals surface area (Å²) in [4.78, 5) is 4.53. The summed E-state index contributed by atoms with van der Waals surface area (Å²) < 4.78 is 0. The van der Waals surface area contributed by atoms with E-state index in [0.717, 1.165) is 5.92 Å². The number of pyridine rings is 1. The lowest BCUT2D eigenvalue weighted by atomic mass is 9.92. The van der Waals surface area contributed by atoms with Gasteiger partial charge in [0.15, 0.2) is 0 Å². The maximum Gasteiger partial charge on any atom is 0.0463 e. The van der Waals surface area contributed by atoms with Gasteiger partial charge in [-0.05, 0) is 37.3 Å². The molecule has 1 nitrogen and oxygen atoms in total. The van der Waals surface area contributed by atoms with Crippen molar-refractivity contribution in [3.8, 4) is 0 Å². The Labute approximate surface area is 86.6 Å². The quantitative estimate of drug-likeness (QED) is 0.704. The highest BCUT2D eigenvalue weighted by Gasteiger charge is 2.26. The Hall–Kier alpha value is -0.850. The third kappa shape index (κ3) is 2.14. The largest absolute Gasteiger partial charge is 0.261 e. The molecule has 0 aliphatic heterocycles. The fourth-order valence-electron chi connectivity index (χ4n) is 2.15. The molecule has 1 heteroatoms. The van der Waals surface area contributed by atoms with Crippen LogP contribution >= 0.6 is 0 Å². The van der Waals surface area contributed by atoms with E-state index in [1.54, 1.807) is 0 Å². The van der Waals surface area contributed by atoms with Crippen molar-refractivity contribution in [1.29, 1.82) is 0 Å². The van der Waals surface area contributed by atoms with Crippen LogP contribution in [-0.2, 0) is 0 Å². The minimum Gasteiger partial charge on any atom is -0.261 e. The van der Waals surface area contributed by atoms with E-state index in [1.165, 1.54) is 36.9 Å². The number of hydrogen-bond donors (Lipinski definition) is 0. The molecule has 0 aromatic carbocycles. The molecule has 0 saturated heterocycles. The molecule has 14 heavy (non-hydrogen) atoms. The van der Waals surface area contributed by atoms with Crippen LogP contribution in [0.25, 0.3) is 0 Å². The summed E-state index contributed by atoms with van der Waals surface area (Å²) in [5.41, 5.74) is 2.70. The predicted octanol–water partition coefficient (Wildman–Crippen LogP) is 3.68. The van der Waals surface area contributed by atoms with E-state index < -0.39 is 0 Å². The average molecular weight is 189 g/mol. The van der Waals surface area contributed by atoms with E-state index in [2.05, 4.69) is 24.9 Å². The summed E-state index contributed by atoms with van der Waals surface area (Å²) in [5, 5.41) is 0. The normalized spacial score (nSPS) is 18.1. The van der Waals surface area contributed by atoms with Gasteiger partial charge in [0.25, 0.3) is 0 Å². The van der Waals surface area contributed by atoms with Gasteiger partial charge in [-0.25, -0.2) is 0 Å². The molecule has 1 aliphatic carbocycles. The van der Waals surface area contributed by atoms with Crippen molar-refractivity contribution < 1.29 is 0 Å². The van der Waals surface area contributed by atoms with Gasteiger partial charge in [0, 0.05) is 17.8 Å². The molecule has 0 amide bonds. The van der Waals surface area contributed by atoms with E-state index in [1.807, 2.05) is 12.3 Å². The topological polar surface area (TPSA) is 12.9 Å². The second-order valence-electron chi connectivity index (χ2n) is 4.49. The molecular formula is C13H19N. The highest BCUT2D eigenvalue weighted by atomic mass is 14.7. The van der Waals surface area contributed by atoms with Crippen molar-refractivity contribution in [3.05, 3.63) is 29.6 Å². The lowest BCUT2D eigenvalue weighted by Crippen LogP contribution is -2.03. The maximum absolute atomic E-state index is 4.53. The first-order valence-corrected chi connectivity index (χ1v) is 5.72. The fraction of sp³-hybridized carbons (Fsp3) is 0.615. The van der Waals surface area contributed by atoms with Crippen molar-refractivity contribution in [2.45, 2.75) is 45.4 Å². The van der Waals surface area contributed by atoms with Crippen LogP contribution in [0, 0.1) is 12.8 Å². The molecule has 2 rings (SSSR count). The summed E-state index contributed by atoms with van der Waals surface area (Å²) in [6.07, 6.45) is 7.41. The number of aromatic nitrogens is 1. The molecule has 1 aromatic heterocycles. The van der Waals surface area contributed by atoms with Gasteiger partial charge in [-0.1, -0.05) is 25.8 Å². The van der Waals surface area contributed by atoms with Gasteiger partial charge >= 0.3 is 0 Å². The SMILES string of the molecule is CCC(CC1CC1)c1ncccc1C. The third-order valence-electron chi connectivity index (χ3n) is 3.24. The predicted molar refractivity (Wildman–Crippen MR) is 59.3 cm³/mol. The standard InChI is InChI=1S/C13H19N/c1-3-12(9-11-6-7-11)13-10(2)5-4-8-14-13/h4-5,8,11-12H,3,6-7,9H2,1-2H3. The maximum atomic E-state index is 4.53. The van der Waals surface area contributed by atoms with Crippen LogP contribution in [0.1, 0.15) is 49.8 Å². The molecule has 1 saturated carbocycles. The van der Waals surface area contributed by atoms with Gasteiger partial charge in [0.05, 0.1) is 0 Å². The average Bonchev–Trinajstić information content (AvgIpc) is 2.99. The molecule has 0 N–H and O–H groups in total. The first-order valence-electron chi connectivity index (χ1n) is 5.72. The Morgan fingerprint density at radius 2 is 2.29 bits per heavy atom. The van der Waals surface area contributed by atoms with Crippen LogP contribution in [0.2, 0.25) is 0 Å². The van der Waals surface area contributed by atoms with Gasteiger partial charge in [0.2, 0.25) is 0 Å². The van der Waals surface area contributed by atoms with Crippen molar-refractivity contribution in [2.24, 2.45) is 5.92 Å². The second-order valence-corrected chi connectivity index (χ2v) is 4.49. The molecule has 1 heterocycles. The Kier molecular flexibility index (Phi) is 2.85. The lowest BCUT2D eigenvalue weighted by molar-refractivity contribution is 0.547. The molecule has 1 atom stereocenters. The lowest BCUT2D eigenvalue weighted by Gasteiger charge is -2.15. The first-order chi connectivity index (χ1) is 6.81. The van der Waals surface area contributed by atoms with Gasteiger partial charge in [0.1, 0.15) is 0 Å². The molecule has 76 valence electrons. The first kappa shape index (κ1) is 9.70. The Morgan fingerprint density at radius 3 is 2.86 bits per heavy atom. The molecule has 0 spiro atoms. The summed E-state index contributed by atoms with van der Waals surface area (Å²) in [6.45, 7) is 4.46. The number of hydrogen-bond acceptors (Lipinski definition) is 1. The van der Waals surface area contributed by atoms with E-state index in [-0.39, 0.29) is 0 Å². The fourth-order valence-corrected chi connectivity index (χ4v) is 2.15. The van der Waals surface area contributed by atoms with Gasteiger partial charge in [-0.15, -0.1) is 0 Å². The van der Waals surface area contributed by atoms with E-state index >= 15 is 0 Å². The van der Waals surface area contributed by atoms with Crippen molar-refractivity contribution in [2.75, 3.05) is 0 Å². The molecule has 1 aromatic rings. The van der Waals surface area contributed by atoms with E-state index in [4.69, 9.17) is 0 Å². The summed E-state index contributed by atoms with van der Waals surface area (Å²) in [5.74, 6) is 1.70. The highest BCUT2D eigenvalue weighted by Crippen LogP contribution is 2.39. The monoisotopic (exact) mass is 189 g/mol. The summed E-state index contributed by atoms with van der Waals surface area (Å²) in [6, 6.07) is 4.21.